The van der Waals surface area contributed by atoms with Crippen molar-refractivity contribution in [3.8, 4) is 5.75 Å². The number of nitrogens with zero attached hydrogens (tertiary/aromatic N) is 1. The minimum absolute atomic E-state index is 0.0664. The van der Waals surface area contributed by atoms with Gasteiger partial charge in [0, 0.05) is 19.1 Å². The minimum atomic E-state index is -0.0664. The van der Waals surface area contributed by atoms with E-state index in [0.717, 1.165) is 30.7 Å². The van der Waals surface area contributed by atoms with Gasteiger partial charge in [0.2, 0.25) is 5.91 Å². The highest BCUT2D eigenvalue weighted by atomic mass is 16.5. The first-order valence-corrected chi connectivity index (χ1v) is 9.74. The lowest BCUT2D eigenvalue weighted by Gasteiger charge is -2.36. The molecule has 1 heterocycles. The summed E-state index contributed by atoms with van der Waals surface area (Å²) < 4.78 is 5.14. The summed E-state index contributed by atoms with van der Waals surface area (Å²) in [5, 5.41) is 2.96. The summed E-state index contributed by atoms with van der Waals surface area (Å²) >= 11 is 0. The van der Waals surface area contributed by atoms with Crippen LogP contribution in [0, 0.1) is 11.8 Å². The summed E-state index contributed by atoms with van der Waals surface area (Å²) in [7, 11) is 1.66. The maximum absolute atomic E-state index is 11.7. The Labute approximate surface area is 161 Å². The third kappa shape index (κ3) is 11.1. The molecular formula is C22H40N2O2. The van der Waals surface area contributed by atoms with Gasteiger partial charge in [0.25, 0.3) is 0 Å². The predicted octanol–water partition coefficient (Wildman–Crippen LogP) is 4.73. The second-order valence-electron chi connectivity index (χ2n) is 8.33. The molecule has 0 spiro atoms. The van der Waals surface area contributed by atoms with E-state index in [9.17, 15) is 4.79 Å². The zero-order valence-corrected chi connectivity index (χ0v) is 18.3. The van der Waals surface area contributed by atoms with Crippen LogP contribution < -0.4 is 10.1 Å². The Balaban J connectivity index is 0.000000662. The van der Waals surface area contributed by atoms with Crippen LogP contribution in [0.15, 0.2) is 24.3 Å². The summed E-state index contributed by atoms with van der Waals surface area (Å²) in [6.07, 6.45) is 0. The molecule has 1 saturated heterocycles. The first kappa shape index (κ1) is 24.5. The topological polar surface area (TPSA) is 41.6 Å². The van der Waals surface area contributed by atoms with Crippen molar-refractivity contribution in [3.05, 3.63) is 29.8 Å². The lowest BCUT2D eigenvalue weighted by molar-refractivity contribution is -0.130. The van der Waals surface area contributed by atoms with Gasteiger partial charge in [-0.1, -0.05) is 53.7 Å². The number of nitrogens with one attached hydrogen (secondary N) is 1. The number of carbonyl (C=O) groups excluding carboxylic acids is 1. The van der Waals surface area contributed by atoms with Crippen LogP contribution in [0.4, 0.5) is 0 Å². The van der Waals surface area contributed by atoms with Crippen molar-refractivity contribution in [2.75, 3.05) is 13.7 Å². The number of carbonyl (C=O) groups is 1. The zero-order valence-electron chi connectivity index (χ0n) is 18.3. The van der Waals surface area contributed by atoms with Crippen molar-refractivity contribution in [1.82, 2.24) is 10.2 Å². The number of hydrogen-bond donors (Lipinski definition) is 1. The van der Waals surface area contributed by atoms with E-state index in [4.69, 9.17) is 4.74 Å². The van der Waals surface area contributed by atoms with Crippen molar-refractivity contribution in [1.29, 1.82) is 0 Å². The summed E-state index contributed by atoms with van der Waals surface area (Å²) in [4.78, 5) is 13.9. The van der Waals surface area contributed by atoms with Crippen molar-refractivity contribution in [2.24, 2.45) is 11.8 Å². The highest BCUT2D eigenvalue weighted by molar-refractivity contribution is 5.82. The third-order valence-electron chi connectivity index (χ3n) is 3.37. The van der Waals surface area contributed by atoms with Gasteiger partial charge in [-0.25, -0.2) is 0 Å². The fourth-order valence-electron chi connectivity index (χ4n) is 2.25. The molecule has 2 rings (SSSR count). The molecule has 1 aromatic rings. The normalized spacial score (nSPS) is 19.9. The van der Waals surface area contributed by atoms with E-state index in [2.05, 4.69) is 51.8 Å². The van der Waals surface area contributed by atoms with Crippen LogP contribution in [0.1, 0.15) is 61.0 Å². The molecule has 0 aromatic heterocycles. The lowest BCUT2D eigenvalue weighted by Crippen LogP contribution is -2.57. The van der Waals surface area contributed by atoms with Gasteiger partial charge in [-0.3, -0.25) is 9.69 Å². The molecule has 1 N–H and O–H groups in total. The van der Waals surface area contributed by atoms with Gasteiger partial charge >= 0.3 is 0 Å². The van der Waals surface area contributed by atoms with E-state index < -0.39 is 0 Å². The molecule has 0 radical (unpaired) electrons. The van der Waals surface area contributed by atoms with Crippen LogP contribution in [0.2, 0.25) is 0 Å². The molecule has 0 saturated carbocycles. The standard InChI is InChI=1S/C14H20N2O2.2C4H10/c1-10-8-16(11(2)14(17)15-10)9-12-4-6-13(18-3)7-5-12;2*1-4(2)3/h4-7,10-11H,8-9H2,1-3H3,(H,15,17);2*4H,1-3H3. The molecule has 1 fully saturated rings. The van der Waals surface area contributed by atoms with Crippen LogP contribution in [-0.2, 0) is 11.3 Å². The van der Waals surface area contributed by atoms with Gasteiger partial charge < -0.3 is 10.1 Å². The van der Waals surface area contributed by atoms with Crippen LogP contribution in [0.25, 0.3) is 0 Å². The Bertz CT molecular complexity index is 486. The molecule has 4 heteroatoms. The highest BCUT2D eigenvalue weighted by Crippen LogP contribution is 2.16. The minimum Gasteiger partial charge on any atom is -0.497 e. The number of amides is 1. The lowest BCUT2D eigenvalue weighted by atomic mass is 10.1. The highest BCUT2D eigenvalue weighted by Gasteiger charge is 2.28. The molecule has 0 bridgehead atoms. The number of hydrogen-bond acceptors (Lipinski definition) is 3. The SMILES string of the molecule is CC(C)C.CC(C)C.COc1ccc(CN2CC(C)NC(=O)C2C)cc1. The number of methoxy groups -OCH3 is 1. The molecule has 1 aromatic carbocycles. The van der Waals surface area contributed by atoms with Crippen LogP contribution >= 0.6 is 0 Å². The van der Waals surface area contributed by atoms with E-state index in [1.807, 2.05) is 38.1 Å². The number of benzene rings is 1. The molecule has 2 unspecified atom stereocenters. The smallest absolute Gasteiger partial charge is 0.237 e. The number of rotatable bonds is 3. The Kier molecular flexibility index (Phi) is 12.0. The summed E-state index contributed by atoms with van der Waals surface area (Å²) in [6, 6.07) is 8.14. The number of piperazine rings is 1. The largest absolute Gasteiger partial charge is 0.497 e. The van der Waals surface area contributed by atoms with Crippen LogP contribution in [-0.4, -0.2) is 36.5 Å². The van der Waals surface area contributed by atoms with Crippen molar-refractivity contribution in [3.63, 3.8) is 0 Å². The van der Waals surface area contributed by atoms with Crippen molar-refractivity contribution < 1.29 is 9.53 Å². The molecule has 150 valence electrons. The van der Waals surface area contributed by atoms with E-state index >= 15 is 0 Å². The van der Waals surface area contributed by atoms with Crippen molar-refractivity contribution >= 4 is 5.91 Å². The third-order valence-corrected chi connectivity index (χ3v) is 3.37. The van der Waals surface area contributed by atoms with Gasteiger partial charge in [0.15, 0.2) is 0 Å². The number of ether oxygens (including phenoxy) is 1. The average Bonchev–Trinajstić information content (AvgIpc) is 2.52. The maximum atomic E-state index is 11.7. The van der Waals surface area contributed by atoms with E-state index in [0.29, 0.717) is 0 Å². The molecule has 2 atom stereocenters. The quantitative estimate of drug-likeness (QED) is 0.843. The average molecular weight is 365 g/mol. The Morgan fingerprint density at radius 1 is 1.04 bits per heavy atom. The Hall–Kier alpha value is -1.55. The Morgan fingerprint density at radius 2 is 1.50 bits per heavy atom. The Morgan fingerprint density at radius 3 is 1.92 bits per heavy atom. The summed E-state index contributed by atoms with van der Waals surface area (Å²) in [5.74, 6) is 2.64. The van der Waals surface area contributed by atoms with Gasteiger partial charge in [0.1, 0.15) is 5.75 Å². The second kappa shape index (κ2) is 12.7. The van der Waals surface area contributed by atoms with Gasteiger partial charge in [-0.15, -0.1) is 0 Å². The van der Waals surface area contributed by atoms with E-state index in [-0.39, 0.29) is 18.0 Å². The fourth-order valence-corrected chi connectivity index (χ4v) is 2.25. The molecular weight excluding hydrogens is 324 g/mol. The van der Waals surface area contributed by atoms with E-state index in [1.54, 1.807) is 7.11 Å². The molecule has 1 aliphatic rings. The van der Waals surface area contributed by atoms with Gasteiger partial charge in [-0.2, -0.15) is 0 Å². The summed E-state index contributed by atoms with van der Waals surface area (Å²) in [6.45, 7) is 18.7. The fraction of sp³-hybridized carbons (Fsp3) is 0.682. The first-order valence-electron chi connectivity index (χ1n) is 9.74. The second-order valence-corrected chi connectivity index (χ2v) is 8.33. The summed E-state index contributed by atoms with van der Waals surface area (Å²) in [5.41, 5.74) is 1.20. The maximum Gasteiger partial charge on any atom is 0.237 e. The monoisotopic (exact) mass is 364 g/mol. The van der Waals surface area contributed by atoms with Gasteiger partial charge in [0.05, 0.1) is 13.2 Å². The first-order chi connectivity index (χ1) is 12.1. The van der Waals surface area contributed by atoms with E-state index in [1.165, 1.54) is 5.56 Å². The van der Waals surface area contributed by atoms with Gasteiger partial charge in [-0.05, 0) is 43.4 Å². The van der Waals surface area contributed by atoms with Crippen molar-refractivity contribution in [2.45, 2.75) is 74.0 Å². The van der Waals surface area contributed by atoms with Crippen LogP contribution in [0.3, 0.4) is 0 Å². The molecule has 1 aliphatic heterocycles. The molecule has 26 heavy (non-hydrogen) atoms. The molecule has 0 aliphatic carbocycles. The predicted molar refractivity (Wildman–Crippen MR) is 111 cm³/mol. The molecule has 1 amide bonds. The molecule has 4 nitrogen and oxygen atoms in total. The van der Waals surface area contributed by atoms with Crippen LogP contribution in [0.5, 0.6) is 5.75 Å². The zero-order chi connectivity index (χ0) is 20.3.